The van der Waals surface area contributed by atoms with E-state index < -0.39 is 6.17 Å². The van der Waals surface area contributed by atoms with E-state index in [0.29, 0.717) is 18.4 Å². The van der Waals surface area contributed by atoms with E-state index in [0.717, 1.165) is 5.56 Å². The second-order valence-electron chi connectivity index (χ2n) is 2.75. The molecule has 1 aromatic carbocycles. The number of rotatable bonds is 4. The summed E-state index contributed by atoms with van der Waals surface area (Å²) in [6.45, 7) is 0.359. The maximum Gasteiger partial charge on any atom is 0.132 e. The summed E-state index contributed by atoms with van der Waals surface area (Å²) in [6, 6.07) is 7.68. The Labute approximate surface area is 76.6 Å². The van der Waals surface area contributed by atoms with Crippen molar-refractivity contribution in [3.63, 3.8) is 0 Å². The maximum atomic E-state index is 13.2. The van der Waals surface area contributed by atoms with Gasteiger partial charge in [0.05, 0.1) is 0 Å². The molecule has 0 fully saturated rings. The lowest BCUT2D eigenvalue weighted by atomic mass is 10.1. The van der Waals surface area contributed by atoms with Gasteiger partial charge in [-0.2, -0.15) is 0 Å². The summed E-state index contributed by atoms with van der Waals surface area (Å²) in [4.78, 5) is 10.1. The maximum absolute atomic E-state index is 13.2. The molecule has 0 aliphatic rings. The van der Waals surface area contributed by atoms with Crippen LogP contribution in [-0.4, -0.2) is 6.29 Å². The van der Waals surface area contributed by atoms with Crippen LogP contribution in [0.25, 0.3) is 0 Å². The molecule has 0 aliphatic heterocycles. The predicted molar refractivity (Wildman–Crippen MR) is 47.7 cm³/mol. The molecule has 0 aliphatic carbocycles. The molecular formula is C10H11FNO. The predicted octanol–water partition coefficient (Wildman–Crippen LogP) is 1.55. The molecule has 0 bridgehead atoms. The highest BCUT2D eigenvalue weighted by molar-refractivity contribution is 5.51. The first-order valence-corrected chi connectivity index (χ1v) is 4.05. The number of hydrogen-bond donors (Lipinski definition) is 1. The number of carbonyl (C=O) groups is 1. The van der Waals surface area contributed by atoms with Crippen molar-refractivity contribution in [1.29, 1.82) is 0 Å². The number of carbonyl (C=O) groups excluding carboxylic acids is 1. The van der Waals surface area contributed by atoms with Crippen LogP contribution in [0.1, 0.15) is 23.7 Å². The molecule has 69 valence electrons. The Morgan fingerprint density at radius 1 is 1.62 bits per heavy atom. The van der Waals surface area contributed by atoms with E-state index in [1.165, 1.54) is 6.07 Å². The van der Waals surface area contributed by atoms with Gasteiger partial charge in [0.1, 0.15) is 12.5 Å². The van der Waals surface area contributed by atoms with Gasteiger partial charge in [-0.15, -0.1) is 0 Å². The van der Waals surface area contributed by atoms with Gasteiger partial charge in [0.15, 0.2) is 0 Å². The van der Waals surface area contributed by atoms with Gasteiger partial charge in [-0.05, 0) is 29.3 Å². The van der Waals surface area contributed by atoms with Crippen LogP contribution in [0.4, 0.5) is 4.39 Å². The van der Waals surface area contributed by atoms with Gasteiger partial charge >= 0.3 is 0 Å². The Hall–Kier alpha value is -1.22. The van der Waals surface area contributed by atoms with E-state index in [9.17, 15) is 9.18 Å². The zero-order valence-electron chi connectivity index (χ0n) is 7.16. The number of benzene rings is 1. The number of aldehydes is 1. The zero-order chi connectivity index (χ0) is 9.68. The first-order valence-electron chi connectivity index (χ1n) is 4.05. The quantitative estimate of drug-likeness (QED) is 0.714. The number of halogens is 1. The lowest BCUT2D eigenvalue weighted by Crippen LogP contribution is -1.99. The van der Waals surface area contributed by atoms with Crippen molar-refractivity contribution in [3.8, 4) is 0 Å². The van der Waals surface area contributed by atoms with Gasteiger partial charge in [-0.3, -0.25) is 0 Å². The van der Waals surface area contributed by atoms with E-state index >= 15 is 0 Å². The Balaban J connectivity index is 2.81. The molecule has 0 amide bonds. The van der Waals surface area contributed by atoms with Crippen LogP contribution >= 0.6 is 0 Å². The lowest BCUT2D eigenvalue weighted by molar-refractivity contribution is -0.108. The van der Waals surface area contributed by atoms with Gasteiger partial charge in [0, 0.05) is 13.0 Å². The van der Waals surface area contributed by atoms with Crippen LogP contribution < -0.4 is 5.73 Å². The first kappa shape index (κ1) is 9.86. The Morgan fingerprint density at radius 3 is 3.00 bits per heavy atom. The molecule has 1 aromatic rings. The SMILES string of the molecule is NCc1c[c]cc(C(F)CC=O)c1. The molecule has 0 saturated heterocycles. The first-order chi connectivity index (χ1) is 6.27. The summed E-state index contributed by atoms with van der Waals surface area (Å²) in [5, 5.41) is 0. The molecule has 0 spiro atoms. The molecule has 0 heterocycles. The van der Waals surface area contributed by atoms with E-state index in [1.54, 1.807) is 12.1 Å². The minimum Gasteiger partial charge on any atom is -0.326 e. The van der Waals surface area contributed by atoms with Crippen LogP contribution in [0.2, 0.25) is 0 Å². The molecule has 2 nitrogen and oxygen atoms in total. The second-order valence-corrected chi connectivity index (χ2v) is 2.75. The van der Waals surface area contributed by atoms with Crippen LogP contribution in [0.5, 0.6) is 0 Å². The summed E-state index contributed by atoms with van der Waals surface area (Å²) in [7, 11) is 0. The minimum absolute atomic E-state index is 0.109. The van der Waals surface area contributed by atoms with Crippen molar-refractivity contribution in [2.24, 2.45) is 5.73 Å². The van der Waals surface area contributed by atoms with E-state index in [1.807, 2.05) is 0 Å². The third kappa shape index (κ3) is 2.63. The molecular weight excluding hydrogens is 169 g/mol. The van der Waals surface area contributed by atoms with Crippen LogP contribution in [0.3, 0.4) is 0 Å². The highest BCUT2D eigenvalue weighted by Gasteiger charge is 2.08. The Kier molecular flexibility index (Phi) is 3.58. The molecule has 2 N–H and O–H groups in total. The minimum atomic E-state index is -1.24. The summed E-state index contributed by atoms with van der Waals surface area (Å²) >= 11 is 0. The number of hydrogen-bond acceptors (Lipinski definition) is 2. The highest BCUT2D eigenvalue weighted by Crippen LogP contribution is 2.20. The molecule has 13 heavy (non-hydrogen) atoms. The summed E-state index contributed by atoms with van der Waals surface area (Å²) in [5.41, 5.74) is 6.67. The molecule has 3 heteroatoms. The van der Waals surface area contributed by atoms with Crippen molar-refractivity contribution in [2.45, 2.75) is 19.1 Å². The number of alkyl halides is 1. The van der Waals surface area contributed by atoms with E-state index in [2.05, 4.69) is 6.07 Å². The van der Waals surface area contributed by atoms with Crippen molar-refractivity contribution in [1.82, 2.24) is 0 Å². The highest BCUT2D eigenvalue weighted by atomic mass is 19.1. The average Bonchev–Trinajstić information content (AvgIpc) is 2.18. The Morgan fingerprint density at radius 2 is 2.38 bits per heavy atom. The lowest BCUT2D eigenvalue weighted by Gasteiger charge is -2.05. The van der Waals surface area contributed by atoms with Crippen molar-refractivity contribution in [2.75, 3.05) is 0 Å². The van der Waals surface area contributed by atoms with Gasteiger partial charge in [0.25, 0.3) is 0 Å². The van der Waals surface area contributed by atoms with Crippen molar-refractivity contribution < 1.29 is 9.18 Å². The van der Waals surface area contributed by atoms with Crippen molar-refractivity contribution in [3.05, 3.63) is 35.4 Å². The third-order valence-corrected chi connectivity index (χ3v) is 1.77. The molecule has 1 atom stereocenters. The third-order valence-electron chi connectivity index (χ3n) is 1.77. The topological polar surface area (TPSA) is 43.1 Å². The van der Waals surface area contributed by atoms with Crippen LogP contribution in [0, 0.1) is 6.07 Å². The summed E-state index contributed by atoms with van der Waals surface area (Å²) in [5.74, 6) is 0. The fourth-order valence-electron chi connectivity index (χ4n) is 1.06. The fourth-order valence-corrected chi connectivity index (χ4v) is 1.06. The van der Waals surface area contributed by atoms with Gasteiger partial charge in [-0.1, -0.05) is 6.07 Å². The monoisotopic (exact) mass is 180 g/mol. The number of nitrogens with two attached hydrogens (primary N) is 1. The summed E-state index contributed by atoms with van der Waals surface area (Å²) < 4.78 is 13.2. The van der Waals surface area contributed by atoms with Crippen LogP contribution in [0.15, 0.2) is 18.2 Å². The molecule has 1 unspecified atom stereocenters. The molecule has 1 rings (SSSR count). The fraction of sp³-hybridized carbons (Fsp3) is 0.300. The van der Waals surface area contributed by atoms with E-state index in [4.69, 9.17) is 5.73 Å². The molecule has 0 aromatic heterocycles. The standard InChI is InChI=1S/C10H11FNO/c11-10(4-5-13)9-3-1-2-8(6-9)7-12/h2-3,5-6,10H,4,7,12H2. The smallest absolute Gasteiger partial charge is 0.132 e. The van der Waals surface area contributed by atoms with Gasteiger partial charge < -0.3 is 10.5 Å². The average molecular weight is 180 g/mol. The van der Waals surface area contributed by atoms with E-state index in [-0.39, 0.29) is 6.42 Å². The normalized spacial score (nSPS) is 12.5. The second kappa shape index (κ2) is 4.72. The largest absolute Gasteiger partial charge is 0.326 e. The van der Waals surface area contributed by atoms with Crippen molar-refractivity contribution >= 4 is 6.29 Å². The Bertz CT molecular complexity index is 288. The van der Waals surface area contributed by atoms with Gasteiger partial charge in [0.2, 0.25) is 0 Å². The molecule has 1 radical (unpaired) electrons. The zero-order valence-corrected chi connectivity index (χ0v) is 7.16. The summed E-state index contributed by atoms with van der Waals surface area (Å²) in [6.07, 6.45) is -0.776. The molecule has 0 saturated carbocycles. The van der Waals surface area contributed by atoms with Gasteiger partial charge in [-0.25, -0.2) is 4.39 Å². The van der Waals surface area contributed by atoms with Crippen LogP contribution in [-0.2, 0) is 11.3 Å².